The minimum atomic E-state index is -0.572. The Kier molecular flexibility index (Phi) is 6.65. The van der Waals surface area contributed by atoms with E-state index in [-0.39, 0.29) is 12.3 Å². The molecule has 6 heteroatoms. The van der Waals surface area contributed by atoms with Crippen molar-refractivity contribution in [1.82, 2.24) is 0 Å². The number of rotatable bonds is 8. The smallest absolute Gasteiger partial charge is 0.360 e. The fourth-order valence-corrected chi connectivity index (χ4v) is 3.32. The van der Waals surface area contributed by atoms with Gasteiger partial charge in [0.2, 0.25) is 0 Å². The van der Waals surface area contributed by atoms with Crippen molar-refractivity contribution in [3.8, 4) is 0 Å². The largest absolute Gasteiger partial charge is 0.464 e. The molecule has 0 atom stereocenters. The van der Waals surface area contributed by atoms with Gasteiger partial charge in [-0.15, -0.1) is 0 Å². The van der Waals surface area contributed by atoms with Gasteiger partial charge in [0.25, 0.3) is 0 Å². The summed E-state index contributed by atoms with van der Waals surface area (Å²) in [6, 6.07) is 13.9. The Hall–Kier alpha value is -3.15. The lowest BCUT2D eigenvalue weighted by Gasteiger charge is -2.13. The fourth-order valence-electron chi connectivity index (χ4n) is 3.32. The number of nitrogens with zero attached hydrogens (tertiary/aromatic N) is 2. The van der Waals surface area contributed by atoms with Crippen LogP contribution in [0.4, 0.5) is 0 Å². The molecule has 0 aliphatic heterocycles. The summed E-state index contributed by atoms with van der Waals surface area (Å²) in [6.45, 7) is 4.10. The average molecular weight is 394 g/mol. The molecule has 29 heavy (non-hydrogen) atoms. The van der Waals surface area contributed by atoms with Crippen molar-refractivity contribution in [3.63, 3.8) is 0 Å². The first-order valence-corrected chi connectivity index (χ1v) is 9.61. The van der Waals surface area contributed by atoms with Crippen LogP contribution >= 0.6 is 0 Å². The summed E-state index contributed by atoms with van der Waals surface area (Å²) >= 11 is 0. The van der Waals surface area contributed by atoms with Gasteiger partial charge in [-0.05, 0) is 43.7 Å². The highest BCUT2D eigenvalue weighted by atomic mass is 16.6. The van der Waals surface area contributed by atoms with Crippen molar-refractivity contribution in [1.29, 1.82) is 0 Å². The molecule has 0 saturated heterocycles. The van der Waals surface area contributed by atoms with E-state index in [4.69, 9.17) is 14.4 Å². The second-order valence-electron chi connectivity index (χ2n) is 7.03. The van der Waals surface area contributed by atoms with E-state index in [0.29, 0.717) is 11.5 Å². The number of carbonyl (C=O) groups is 1. The molecule has 6 nitrogen and oxygen atoms in total. The predicted molar refractivity (Wildman–Crippen MR) is 112 cm³/mol. The Labute approximate surface area is 171 Å². The molecule has 2 aromatic rings. The lowest BCUT2D eigenvalue weighted by atomic mass is 9.99. The molecule has 0 heterocycles. The number of oxime groups is 2. The Bertz CT molecular complexity index is 946. The van der Waals surface area contributed by atoms with Crippen LogP contribution in [0.1, 0.15) is 53.5 Å². The average Bonchev–Trinajstić information content (AvgIpc) is 3.58. The van der Waals surface area contributed by atoms with Crippen LogP contribution in [-0.4, -0.2) is 31.6 Å². The third kappa shape index (κ3) is 4.83. The molecule has 1 aliphatic carbocycles. The lowest BCUT2D eigenvalue weighted by molar-refractivity contribution is -0.132. The summed E-state index contributed by atoms with van der Waals surface area (Å²) in [5.74, 6) is 0.0592. The Balaban J connectivity index is 1.83. The van der Waals surface area contributed by atoms with E-state index >= 15 is 0 Å². The Morgan fingerprint density at radius 1 is 1.03 bits per heavy atom. The Morgan fingerprint density at radius 2 is 1.76 bits per heavy atom. The van der Waals surface area contributed by atoms with Gasteiger partial charge in [-0.2, -0.15) is 0 Å². The van der Waals surface area contributed by atoms with Crippen molar-refractivity contribution in [2.75, 3.05) is 14.2 Å². The van der Waals surface area contributed by atoms with Gasteiger partial charge in [-0.3, -0.25) is 0 Å². The van der Waals surface area contributed by atoms with E-state index in [1.165, 1.54) is 32.6 Å². The standard InChI is InChI=1S/C23H26N2O4/c1-15-8-7-11-20(22(25-28-4)23(26)27-3)21(15)14-29-24-16(2)18-9-5-6-10-19(18)17-12-13-17/h5-11,17H,12-14H2,1-4H3/b24-16+,25-22+. The second-order valence-corrected chi connectivity index (χ2v) is 7.03. The monoisotopic (exact) mass is 394 g/mol. The quantitative estimate of drug-likeness (QED) is 0.379. The van der Waals surface area contributed by atoms with Gasteiger partial charge in [0.1, 0.15) is 13.7 Å². The highest BCUT2D eigenvalue weighted by Crippen LogP contribution is 2.41. The first-order valence-electron chi connectivity index (χ1n) is 9.61. The van der Waals surface area contributed by atoms with Gasteiger partial charge < -0.3 is 14.4 Å². The first kappa shape index (κ1) is 20.6. The number of benzene rings is 2. The molecular weight excluding hydrogens is 368 g/mol. The van der Waals surface area contributed by atoms with Gasteiger partial charge in [0.15, 0.2) is 5.71 Å². The van der Waals surface area contributed by atoms with Gasteiger partial charge in [0.05, 0.1) is 12.8 Å². The number of methoxy groups -OCH3 is 1. The number of aryl methyl sites for hydroxylation is 1. The van der Waals surface area contributed by atoms with Crippen LogP contribution in [0.25, 0.3) is 0 Å². The molecule has 3 rings (SSSR count). The summed E-state index contributed by atoms with van der Waals surface area (Å²) in [5, 5.41) is 8.19. The van der Waals surface area contributed by atoms with Crippen molar-refractivity contribution in [2.24, 2.45) is 10.3 Å². The molecule has 0 spiro atoms. The minimum absolute atomic E-state index is 0.0945. The predicted octanol–water partition coefficient (Wildman–Crippen LogP) is 4.34. The number of carbonyl (C=O) groups excluding carboxylic acids is 1. The molecule has 0 aromatic heterocycles. The van der Waals surface area contributed by atoms with E-state index in [9.17, 15) is 4.79 Å². The van der Waals surface area contributed by atoms with Crippen molar-refractivity contribution < 1.29 is 19.2 Å². The highest BCUT2D eigenvalue weighted by molar-refractivity contribution is 6.43. The van der Waals surface area contributed by atoms with Crippen molar-refractivity contribution >= 4 is 17.4 Å². The van der Waals surface area contributed by atoms with Crippen LogP contribution in [0.5, 0.6) is 0 Å². The van der Waals surface area contributed by atoms with Gasteiger partial charge >= 0.3 is 5.97 Å². The zero-order valence-electron chi connectivity index (χ0n) is 17.3. The van der Waals surface area contributed by atoms with Crippen LogP contribution in [-0.2, 0) is 25.8 Å². The SMILES string of the molecule is CO/N=C(/C(=O)OC)c1cccc(C)c1CO/N=C(\C)c1ccccc1C1CC1. The summed E-state index contributed by atoms with van der Waals surface area (Å²) in [5.41, 5.74) is 5.75. The van der Waals surface area contributed by atoms with E-state index in [1.807, 2.05) is 32.0 Å². The minimum Gasteiger partial charge on any atom is -0.464 e. The summed E-state index contributed by atoms with van der Waals surface area (Å²) in [6.07, 6.45) is 2.46. The van der Waals surface area contributed by atoms with Crippen molar-refractivity contribution in [3.05, 3.63) is 70.3 Å². The molecule has 152 valence electrons. The number of hydrogen-bond acceptors (Lipinski definition) is 6. The first-order chi connectivity index (χ1) is 14.1. The summed E-state index contributed by atoms with van der Waals surface area (Å²) in [7, 11) is 2.70. The van der Waals surface area contributed by atoms with Gasteiger partial charge in [-0.25, -0.2) is 4.79 Å². The van der Waals surface area contributed by atoms with E-state index in [0.717, 1.165) is 22.4 Å². The second kappa shape index (κ2) is 9.37. The number of ether oxygens (including phenoxy) is 1. The Morgan fingerprint density at radius 3 is 2.45 bits per heavy atom. The van der Waals surface area contributed by atoms with E-state index in [2.05, 4.69) is 28.5 Å². The van der Waals surface area contributed by atoms with Crippen LogP contribution in [0.2, 0.25) is 0 Å². The maximum Gasteiger partial charge on any atom is 0.360 e. The fraction of sp³-hybridized carbons (Fsp3) is 0.348. The molecule has 0 amide bonds. The number of hydrogen-bond donors (Lipinski definition) is 0. The summed E-state index contributed by atoms with van der Waals surface area (Å²) < 4.78 is 4.84. The maximum absolute atomic E-state index is 12.1. The third-order valence-electron chi connectivity index (χ3n) is 5.00. The molecule has 1 saturated carbocycles. The number of esters is 1. The molecule has 2 aromatic carbocycles. The van der Waals surface area contributed by atoms with E-state index < -0.39 is 5.97 Å². The zero-order chi connectivity index (χ0) is 20.8. The van der Waals surface area contributed by atoms with Crippen LogP contribution < -0.4 is 0 Å². The van der Waals surface area contributed by atoms with Crippen LogP contribution in [0.3, 0.4) is 0 Å². The van der Waals surface area contributed by atoms with Crippen LogP contribution in [0.15, 0.2) is 52.8 Å². The lowest BCUT2D eigenvalue weighted by Crippen LogP contribution is -2.20. The maximum atomic E-state index is 12.1. The van der Waals surface area contributed by atoms with Crippen LogP contribution in [0, 0.1) is 6.92 Å². The molecular formula is C23H26N2O4. The van der Waals surface area contributed by atoms with E-state index in [1.54, 1.807) is 6.07 Å². The molecule has 0 unspecified atom stereocenters. The molecule has 1 fully saturated rings. The third-order valence-corrected chi connectivity index (χ3v) is 5.00. The highest BCUT2D eigenvalue weighted by Gasteiger charge is 2.26. The molecule has 0 bridgehead atoms. The van der Waals surface area contributed by atoms with Gasteiger partial charge in [-0.1, -0.05) is 52.8 Å². The molecule has 1 aliphatic rings. The van der Waals surface area contributed by atoms with Gasteiger partial charge in [0, 0.05) is 16.7 Å². The molecule has 0 N–H and O–H groups in total. The molecule has 0 radical (unpaired) electrons. The summed E-state index contributed by atoms with van der Waals surface area (Å²) in [4.78, 5) is 22.7. The zero-order valence-corrected chi connectivity index (χ0v) is 17.3. The normalized spacial score (nSPS) is 14.5. The topological polar surface area (TPSA) is 69.5 Å². The van der Waals surface area contributed by atoms with Crippen molar-refractivity contribution in [2.45, 2.75) is 39.2 Å².